The van der Waals surface area contributed by atoms with E-state index in [0.717, 1.165) is 17.3 Å². The third kappa shape index (κ3) is 4.17. The molecular weight excluding hydrogens is 386 g/mol. The molecule has 6 nitrogen and oxygen atoms in total. The summed E-state index contributed by atoms with van der Waals surface area (Å²) in [4.78, 5) is 23.4. The van der Waals surface area contributed by atoms with Gasteiger partial charge in [0.1, 0.15) is 0 Å². The zero-order valence-electron chi connectivity index (χ0n) is 14.2. The Bertz CT molecular complexity index is 1080. The highest BCUT2D eigenvalue weighted by Gasteiger charge is 2.26. The molecule has 0 N–H and O–H groups in total. The number of nitrogens with zero attached hydrogens (tertiary/aromatic N) is 1. The van der Waals surface area contributed by atoms with Gasteiger partial charge in [-0.2, -0.15) is 12.8 Å². The largest absolute Gasteiger partial charge is 0.549 e. The maximum Gasteiger partial charge on any atom is 0.282 e. The van der Waals surface area contributed by atoms with Crippen molar-refractivity contribution in [2.75, 3.05) is 5.75 Å². The van der Waals surface area contributed by atoms with Gasteiger partial charge in [-0.3, -0.25) is 4.79 Å². The highest BCUT2D eigenvalue weighted by atomic mass is 32.2. The molecule has 0 fully saturated rings. The Kier molecular flexibility index (Phi) is 5.29. The number of fused-ring (bicyclic) bond motifs is 1. The molecule has 0 saturated carbocycles. The van der Waals surface area contributed by atoms with Crippen molar-refractivity contribution in [1.82, 2.24) is 0 Å². The summed E-state index contributed by atoms with van der Waals surface area (Å²) in [6.45, 7) is 1.84. The third-order valence-corrected chi connectivity index (χ3v) is 6.12. The first-order valence-electron chi connectivity index (χ1n) is 7.88. The van der Waals surface area contributed by atoms with E-state index in [1.54, 1.807) is 36.4 Å². The van der Waals surface area contributed by atoms with Gasteiger partial charge in [0.2, 0.25) is 0 Å². The molecule has 27 heavy (non-hydrogen) atoms. The number of hydrogen-bond donors (Lipinski definition) is 0. The molecule has 8 heteroatoms. The van der Waals surface area contributed by atoms with Gasteiger partial charge in [-0.25, -0.2) is 0 Å². The number of aliphatic carboxylic acids is 1. The number of thioether (sulfide) groups is 1. The van der Waals surface area contributed by atoms with E-state index in [1.165, 1.54) is 18.2 Å². The number of carboxylic acid groups (broad SMARTS) is 1. The molecule has 0 atom stereocenters. The SMILES string of the molecule is Cc1ccc(S(=O)(=O)N=C2C=C(SCC(=O)[O-])C(=O)c3ccccc32)cc1. The highest BCUT2D eigenvalue weighted by Crippen LogP contribution is 2.29. The van der Waals surface area contributed by atoms with Gasteiger partial charge in [0, 0.05) is 16.9 Å². The van der Waals surface area contributed by atoms with Crippen molar-refractivity contribution in [1.29, 1.82) is 0 Å². The topological polar surface area (TPSA) is 104 Å². The van der Waals surface area contributed by atoms with Gasteiger partial charge in [0.05, 0.1) is 21.5 Å². The van der Waals surface area contributed by atoms with Gasteiger partial charge in [0.25, 0.3) is 10.0 Å². The maximum absolute atomic E-state index is 12.7. The summed E-state index contributed by atoms with van der Waals surface area (Å²) in [5.41, 5.74) is 1.66. The lowest BCUT2D eigenvalue weighted by molar-refractivity contribution is -0.301. The van der Waals surface area contributed by atoms with Gasteiger partial charge in [-0.05, 0) is 25.1 Å². The Morgan fingerprint density at radius 3 is 2.33 bits per heavy atom. The monoisotopic (exact) mass is 400 g/mol. The summed E-state index contributed by atoms with van der Waals surface area (Å²) in [5.74, 6) is -2.11. The molecule has 0 aromatic heterocycles. The zero-order valence-corrected chi connectivity index (χ0v) is 15.8. The number of benzene rings is 2. The number of carboxylic acids is 1. The summed E-state index contributed by atoms with van der Waals surface area (Å²) >= 11 is 0.779. The number of carbonyl (C=O) groups is 2. The molecule has 1 aliphatic rings. The van der Waals surface area contributed by atoms with Crippen molar-refractivity contribution < 1.29 is 23.1 Å². The summed E-state index contributed by atoms with van der Waals surface area (Å²) < 4.78 is 29.2. The van der Waals surface area contributed by atoms with Gasteiger partial charge < -0.3 is 9.90 Å². The zero-order chi connectivity index (χ0) is 19.6. The molecule has 0 unspecified atom stereocenters. The Morgan fingerprint density at radius 2 is 1.70 bits per heavy atom. The minimum Gasteiger partial charge on any atom is -0.549 e. The lowest BCUT2D eigenvalue weighted by Crippen LogP contribution is -2.25. The third-order valence-electron chi connectivity index (χ3n) is 3.82. The molecule has 2 aromatic rings. The fourth-order valence-electron chi connectivity index (χ4n) is 2.52. The van der Waals surface area contributed by atoms with Crippen LogP contribution in [0.25, 0.3) is 0 Å². The van der Waals surface area contributed by atoms with E-state index in [1.807, 2.05) is 6.92 Å². The van der Waals surface area contributed by atoms with E-state index < -0.39 is 21.7 Å². The molecule has 0 radical (unpaired) electrons. The molecule has 2 aromatic carbocycles. The second-order valence-electron chi connectivity index (χ2n) is 5.81. The van der Waals surface area contributed by atoms with Crippen LogP contribution in [0, 0.1) is 6.92 Å². The standard InChI is InChI=1S/C19H15NO5S2/c1-12-6-8-13(9-7-12)27(24,25)20-16-10-17(26-11-18(21)22)19(23)15-5-3-2-4-14(15)16/h2-10H,11H2,1H3,(H,21,22)/p-1. The average molecular weight is 400 g/mol. The molecule has 3 rings (SSSR count). The van der Waals surface area contributed by atoms with Crippen molar-refractivity contribution in [3.8, 4) is 0 Å². The number of aryl methyl sites for hydroxylation is 1. The Morgan fingerprint density at radius 1 is 1.07 bits per heavy atom. The van der Waals surface area contributed by atoms with Gasteiger partial charge in [-0.1, -0.05) is 42.0 Å². The van der Waals surface area contributed by atoms with Gasteiger partial charge in [0.15, 0.2) is 5.78 Å². The van der Waals surface area contributed by atoms with Crippen LogP contribution in [0.1, 0.15) is 21.5 Å². The second kappa shape index (κ2) is 7.50. The van der Waals surface area contributed by atoms with Crippen LogP contribution < -0.4 is 5.11 Å². The van der Waals surface area contributed by atoms with E-state index in [2.05, 4.69) is 4.40 Å². The van der Waals surface area contributed by atoms with Crippen LogP contribution in [0.2, 0.25) is 0 Å². The predicted octanol–water partition coefficient (Wildman–Crippen LogP) is 1.74. The Balaban J connectivity index is 2.10. The molecule has 0 saturated heterocycles. The highest BCUT2D eigenvalue weighted by molar-refractivity contribution is 8.04. The lowest BCUT2D eigenvalue weighted by Gasteiger charge is -2.17. The van der Waals surface area contributed by atoms with Gasteiger partial charge >= 0.3 is 0 Å². The van der Waals surface area contributed by atoms with E-state index in [0.29, 0.717) is 5.56 Å². The molecule has 0 spiro atoms. The van der Waals surface area contributed by atoms with Gasteiger partial charge in [-0.15, -0.1) is 11.8 Å². The number of rotatable bonds is 5. The fraction of sp³-hybridized carbons (Fsp3) is 0.105. The molecule has 0 heterocycles. The normalized spacial score (nSPS) is 15.4. The number of Topliss-reactive ketones (excluding diaryl/α,β-unsaturated/α-hetero) is 1. The van der Waals surface area contributed by atoms with Crippen molar-refractivity contribution >= 4 is 39.2 Å². The number of sulfonamides is 1. The maximum atomic E-state index is 12.7. The Labute approximate surface area is 160 Å². The van der Waals surface area contributed by atoms with Crippen molar-refractivity contribution in [2.24, 2.45) is 4.40 Å². The van der Waals surface area contributed by atoms with Crippen LogP contribution in [0.4, 0.5) is 0 Å². The second-order valence-corrected chi connectivity index (χ2v) is 8.43. The van der Waals surface area contributed by atoms with Crippen LogP contribution in [0.15, 0.2) is 68.8 Å². The molecule has 0 aliphatic heterocycles. The summed E-state index contributed by atoms with van der Waals surface area (Å²) in [7, 11) is -4.00. The van der Waals surface area contributed by atoms with Crippen molar-refractivity contribution in [3.63, 3.8) is 0 Å². The van der Waals surface area contributed by atoms with E-state index >= 15 is 0 Å². The number of ketones is 1. The van der Waals surface area contributed by atoms with E-state index in [-0.39, 0.29) is 26.9 Å². The molecular formula is C19H14NO5S2-. The summed E-state index contributed by atoms with van der Waals surface area (Å²) in [6.07, 6.45) is 1.31. The van der Waals surface area contributed by atoms with Crippen LogP contribution in [0.5, 0.6) is 0 Å². The predicted molar refractivity (Wildman–Crippen MR) is 101 cm³/mol. The minimum atomic E-state index is -4.00. The first-order chi connectivity index (χ1) is 12.8. The molecule has 0 amide bonds. The number of hydrogen-bond acceptors (Lipinski definition) is 6. The van der Waals surface area contributed by atoms with E-state index in [9.17, 15) is 23.1 Å². The quantitative estimate of drug-likeness (QED) is 0.757. The van der Waals surface area contributed by atoms with Crippen LogP contribution >= 0.6 is 11.8 Å². The number of allylic oxidation sites excluding steroid dienone is 2. The molecule has 0 bridgehead atoms. The van der Waals surface area contributed by atoms with E-state index in [4.69, 9.17) is 0 Å². The Hall–Kier alpha value is -2.71. The van der Waals surface area contributed by atoms with Crippen LogP contribution in [-0.2, 0) is 14.8 Å². The van der Waals surface area contributed by atoms with Crippen LogP contribution in [-0.4, -0.2) is 31.6 Å². The smallest absolute Gasteiger partial charge is 0.282 e. The van der Waals surface area contributed by atoms with Crippen molar-refractivity contribution in [3.05, 3.63) is 76.2 Å². The first-order valence-corrected chi connectivity index (χ1v) is 10.3. The number of carbonyl (C=O) groups excluding carboxylic acids is 2. The minimum absolute atomic E-state index is 0.0346. The first kappa shape index (κ1) is 19.1. The fourth-order valence-corrected chi connectivity index (χ4v) is 4.22. The van der Waals surface area contributed by atoms with Crippen LogP contribution in [0.3, 0.4) is 0 Å². The molecule has 1 aliphatic carbocycles. The summed E-state index contributed by atoms with van der Waals surface area (Å²) in [5, 5.41) is 10.7. The average Bonchev–Trinajstić information content (AvgIpc) is 2.63. The summed E-state index contributed by atoms with van der Waals surface area (Å²) in [6, 6.07) is 12.7. The molecule has 138 valence electrons. The lowest BCUT2D eigenvalue weighted by atomic mass is 9.94. The van der Waals surface area contributed by atoms with Crippen molar-refractivity contribution in [2.45, 2.75) is 11.8 Å².